The third kappa shape index (κ3) is 5.83. The molecule has 6 rings (SSSR count). The summed E-state index contributed by atoms with van der Waals surface area (Å²) in [6, 6.07) is 0. The highest BCUT2D eigenvalue weighted by molar-refractivity contribution is 5.82. The van der Waals surface area contributed by atoms with E-state index in [0.717, 1.165) is 12.8 Å². The van der Waals surface area contributed by atoms with E-state index in [1.165, 1.54) is 0 Å². The van der Waals surface area contributed by atoms with Crippen molar-refractivity contribution in [2.45, 2.75) is 154 Å². The minimum Gasteiger partial charge on any atom is -0.458 e. The highest BCUT2D eigenvalue weighted by Gasteiger charge is 2.68. The van der Waals surface area contributed by atoms with E-state index >= 15 is 0 Å². The van der Waals surface area contributed by atoms with Gasteiger partial charge in [0.05, 0.1) is 34.9 Å². The van der Waals surface area contributed by atoms with Crippen LogP contribution in [0.15, 0.2) is 0 Å². The molecule has 0 aromatic rings. The first-order valence-electron chi connectivity index (χ1n) is 16.0. The Kier molecular flexibility index (Phi) is 7.81. The molecular formula is C33H50O10. The maximum Gasteiger partial charge on any atom is 0.314 e. The van der Waals surface area contributed by atoms with Crippen LogP contribution in [0.2, 0.25) is 0 Å². The zero-order chi connectivity index (χ0) is 31.7. The number of hydrogen-bond donors (Lipinski definition) is 1. The van der Waals surface area contributed by atoms with Crippen molar-refractivity contribution in [1.82, 2.24) is 0 Å². The van der Waals surface area contributed by atoms with Gasteiger partial charge in [0.25, 0.3) is 0 Å². The average Bonchev–Trinajstić information content (AvgIpc) is 3.07. The Morgan fingerprint density at radius 1 is 0.977 bits per heavy atom. The van der Waals surface area contributed by atoms with Crippen LogP contribution >= 0.6 is 0 Å². The Labute approximate surface area is 254 Å². The Bertz CT molecular complexity index is 1170. The molecule has 7 unspecified atom stereocenters. The predicted molar refractivity (Wildman–Crippen MR) is 153 cm³/mol. The topological polar surface area (TPSA) is 135 Å². The summed E-state index contributed by atoms with van der Waals surface area (Å²) in [5.74, 6) is -1.73. The van der Waals surface area contributed by atoms with Gasteiger partial charge < -0.3 is 28.8 Å². The van der Waals surface area contributed by atoms with Gasteiger partial charge in [-0.3, -0.25) is 19.2 Å². The van der Waals surface area contributed by atoms with Crippen LogP contribution in [-0.4, -0.2) is 64.3 Å². The Morgan fingerprint density at radius 2 is 1.70 bits per heavy atom. The van der Waals surface area contributed by atoms with Crippen LogP contribution in [-0.2, 0) is 42.9 Å². The standard InChI is InChI=1S/C33H50O10/c1-8-29(6,17-27(2,3)24(35)42-30(7)16-22(34)41-28(30,4)5)25(36)43-33-15-21-13-31(19-33,18-32(38,14-21)20-33)26(37)40-23-11-9-10-12-39-23/h21,23,38H,8-20H2,1-7H3. The molecule has 0 radical (unpaired) electrons. The SMILES string of the molecule is CCC(C)(CC(C)(C)C(=O)OC1(C)CC(=O)OC1(C)C)C(=O)OC12CC3CC(O)(C1)CC(C(=O)OC1CCCCO1)(C3)C2. The monoisotopic (exact) mass is 606 g/mol. The minimum atomic E-state index is -1.14. The van der Waals surface area contributed by atoms with Crippen LogP contribution in [0.1, 0.15) is 126 Å². The van der Waals surface area contributed by atoms with Crippen molar-refractivity contribution in [3.63, 3.8) is 0 Å². The first kappa shape index (κ1) is 32.2. The second-order valence-electron chi connectivity index (χ2n) is 16.0. The molecule has 6 fully saturated rings. The molecule has 43 heavy (non-hydrogen) atoms. The Balaban J connectivity index is 1.31. The average molecular weight is 607 g/mol. The first-order valence-corrected chi connectivity index (χ1v) is 16.0. The van der Waals surface area contributed by atoms with E-state index in [-0.39, 0.29) is 31.1 Å². The quantitative estimate of drug-likeness (QED) is 0.285. The maximum absolute atomic E-state index is 14.1. The van der Waals surface area contributed by atoms with Gasteiger partial charge in [-0.15, -0.1) is 0 Å². The van der Waals surface area contributed by atoms with Crippen LogP contribution in [0.4, 0.5) is 0 Å². The lowest BCUT2D eigenvalue weighted by atomic mass is 9.46. The lowest BCUT2D eigenvalue weighted by Gasteiger charge is -2.63. The predicted octanol–water partition coefficient (Wildman–Crippen LogP) is 4.91. The number of hydrogen-bond acceptors (Lipinski definition) is 10. The van der Waals surface area contributed by atoms with Gasteiger partial charge in [0.2, 0.25) is 6.29 Å². The number of cyclic esters (lactones) is 1. The summed E-state index contributed by atoms with van der Waals surface area (Å²) in [5, 5.41) is 11.6. The molecule has 10 heteroatoms. The fraction of sp³-hybridized carbons (Fsp3) is 0.879. The second kappa shape index (κ2) is 10.4. The van der Waals surface area contributed by atoms with E-state index in [0.29, 0.717) is 51.6 Å². The van der Waals surface area contributed by atoms with Crippen molar-refractivity contribution < 1.29 is 48.0 Å². The molecule has 6 aliphatic rings. The molecule has 2 saturated heterocycles. The van der Waals surface area contributed by atoms with Gasteiger partial charge in [-0.25, -0.2) is 0 Å². The fourth-order valence-electron chi connectivity index (χ4n) is 8.82. The Morgan fingerprint density at radius 3 is 2.28 bits per heavy atom. The van der Waals surface area contributed by atoms with Crippen molar-refractivity contribution in [3.8, 4) is 0 Å². The largest absolute Gasteiger partial charge is 0.458 e. The number of carbonyl (C=O) groups excluding carboxylic acids is 4. The van der Waals surface area contributed by atoms with Gasteiger partial charge >= 0.3 is 23.9 Å². The summed E-state index contributed by atoms with van der Waals surface area (Å²) in [4.78, 5) is 53.3. The summed E-state index contributed by atoms with van der Waals surface area (Å²) in [7, 11) is 0. The zero-order valence-electron chi connectivity index (χ0n) is 27.0. The van der Waals surface area contributed by atoms with Crippen LogP contribution in [0.25, 0.3) is 0 Å². The number of esters is 4. The van der Waals surface area contributed by atoms with Crippen molar-refractivity contribution >= 4 is 23.9 Å². The molecule has 0 amide bonds. The lowest BCUT2D eigenvalue weighted by molar-refractivity contribution is -0.259. The summed E-state index contributed by atoms with van der Waals surface area (Å²) in [6.07, 6.45) is 5.12. The van der Waals surface area contributed by atoms with Crippen molar-refractivity contribution in [2.24, 2.45) is 22.2 Å². The third-order valence-electron chi connectivity index (χ3n) is 11.2. The molecule has 4 saturated carbocycles. The van der Waals surface area contributed by atoms with E-state index < -0.39 is 62.8 Å². The van der Waals surface area contributed by atoms with E-state index in [2.05, 4.69) is 0 Å². The van der Waals surface area contributed by atoms with Crippen molar-refractivity contribution in [1.29, 1.82) is 0 Å². The van der Waals surface area contributed by atoms with Gasteiger partial charge in [0.1, 0.15) is 11.2 Å². The molecule has 242 valence electrons. The fourth-order valence-corrected chi connectivity index (χ4v) is 8.82. The van der Waals surface area contributed by atoms with Crippen LogP contribution in [0.3, 0.4) is 0 Å². The number of aliphatic hydroxyl groups is 1. The minimum absolute atomic E-state index is 0.0358. The molecule has 7 atom stereocenters. The molecule has 0 spiro atoms. The van der Waals surface area contributed by atoms with Crippen LogP contribution < -0.4 is 0 Å². The van der Waals surface area contributed by atoms with Crippen molar-refractivity contribution in [2.75, 3.05) is 6.61 Å². The van der Waals surface area contributed by atoms with E-state index in [1.54, 1.807) is 41.5 Å². The van der Waals surface area contributed by atoms with Crippen LogP contribution in [0.5, 0.6) is 0 Å². The molecule has 2 aliphatic heterocycles. The van der Waals surface area contributed by atoms with E-state index in [4.69, 9.17) is 23.7 Å². The smallest absolute Gasteiger partial charge is 0.314 e. The first-order chi connectivity index (χ1) is 19.8. The van der Waals surface area contributed by atoms with Crippen LogP contribution in [0, 0.1) is 22.2 Å². The summed E-state index contributed by atoms with van der Waals surface area (Å²) < 4.78 is 29.2. The van der Waals surface area contributed by atoms with Gasteiger partial charge in [0.15, 0.2) is 5.60 Å². The summed E-state index contributed by atoms with van der Waals surface area (Å²) >= 11 is 0. The molecule has 0 aromatic heterocycles. The number of rotatable bonds is 9. The van der Waals surface area contributed by atoms with Gasteiger partial charge in [-0.2, -0.15) is 0 Å². The van der Waals surface area contributed by atoms with Gasteiger partial charge in [0, 0.05) is 19.3 Å². The molecule has 0 aromatic carbocycles. The number of ether oxygens (including phenoxy) is 5. The van der Waals surface area contributed by atoms with E-state index in [9.17, 15) is 24.3 Å². The molecule has 4 bridgehead atoms. The molecule has 10 nitrogen and oxygen atoms in total. The highest BCUT2D eigenvalue weighted by atomic mass is 16.7. The third-order valence-corrected chi connectivity index (χ3v) is 11.2. The van der Waals surface area contributed by atoms with Gasteiger partial charge in [-0.1, -0.05) is 6.92 Å². The summed E-state index contributed by atoms with van der Waals surface area (Å²) in [5.41, 5.74) is -7.28. The van der Waals surface area contributed by atoms with Crippen molar-refractivity contribution in [3.05, 3.63) is 0 Å². The molecule has 1 N–H and O–H groups in total. The molecule has 4 aliphatic carbocycles. The zero-order valence-corrected chi connectivity index (χ0v) is 27.0. The lowest BCUT2D eigenvalue weighted by Crippen LogP contribution is -2.67. The molecular weight excluding hydrogens is 556 g/mol. The van der Waals surface area contributed by atoms with Gasteiger partial charge in [-0.05, 0) is 98.8 Å². The molecule has 2 heterocycles. The second-order valence-corrected chi connectivity index (χ2v) is 16.0. The normalized spacial score (nSPS) is 39.5. The maximum atomic E-state index is 14.1. The Hall–Kier alpha value is -2.20. The van der Waals surface area contributed by atoms with E-state index in [1.807, 2.05) is 6.92 Å². The summed E-state index contributed by atoms with van der Waals surface area (Å²) in [6.45, 7) is 12.8. The highest BCUT2D eigenvalue weighted by Crippen LogP contribution is 2.65. The number of carbonyl (C=O) groups is 4.